The molecule has 1 atom stereocenters. The first-order valence-corrected chi connectivity index (χ1v) is 4.56. The highest BCUT2D eigenvalue weighted by Gasteiger charge is 2.27. The van der Waals surface area contributed by atoms with Gasteiger partial charge in [-0.2, -0.15) is 0 Å². The highest BCUT2D eigenvalue weighted by molar-refractivity contribution is 5.96. The Kier molecular flexibility index (Phi) is 2.31. The van der Waals surface area contributed by atoms with Gasteiger partial charge in [-0.05, 0) is 12.0 Å². The second-order valence-electron chi connectivity index (χ2n) is 3.35. The van der Waals surface area contributed by atoms with Crippen molar-refractivity contribution in [1.29, 1.82) is 0 Å². The van der Waals surface area contributed by atoms with Gasteiger partial charge in [0.15, 0.2) is 0 Å². The molecule has 0 radical (unpaired) electrons. The molecule has 1 amide bonds. The monoisotopic (exact) mass is 206 g/mol. The van der Waals surface area contributed by atoms with Gasteiger partial charge in [-0.3, -0.25) is 9.69 Å². The summed E-state index contributed by atoms with van der Waals surface area (Å²) in [5.41, 5.74) is 8.35. The number of rotatable bonds is 1. The third-order valence-corrected chi connectivity index (χ3v) is 2.48. The van der Waals surface area contributed by atoms with E-state index >= 15 is 0 Å². The zero-order valence-corrected chi connectivity index (χ0v) is 8.24. The molecule has 0 saturated heterocycles. The van der Waals surface area contributed by atoms with E-state index in [1.807, 2.05) is 4.57 Å². The number of nitrogens with zero attached hydrogens (tertiary/aromatic N) is 6. The molecule has 1 aromatic rings. The van der Waals surface area contributed by atoms with Crippen LogP contribution >= 0.6 is 0 Å². The van der Waals surface area contributed by atoms with Gasteiger partial charge in [0, 0.05) is 18.5 Å². The number of carbonyl (C=O) groups excluding carboxylic acids is 1. The topological polar surface area (TPSA) is 86.9 Å². The highest BCUT2D eigenvalue weighted by Crippen LogP contribution is 2.20. The van der Waals surface area contributed by atoms with Crippen LogP contribution in [-0.2, 0) is 11.3 Å². The predicted molar refractivity (Wildman–Crippen MR) is 53.2 cm³/mol. The number of aromatic nitrogens is 2. The molecule has 0 N–H and O–H groups in total. The highest BCUT2D eigenvalue weighted by atomic mass is 16.2. The van der Waals surface area contributed by atoms with E-state index in [0.29, 0.717) is 13.0 Å². The van der Waals surface area contributed by atoms with Crippen LogP contribution in [0.2, 0.25) is 0 Å². The molecule has 2 rings (SSSR count). The first-order chi connectivity index (χ1) is 7.24. The summed E-state index contributed by atoms with van der Waals surface area (Å²) in [7, 11) is 1.65. The Bertz CT molecular complexity index is 432. The first-order valence-electron chi connectivity index (χ1n) is 4.56. The Labute approximate surface area is 85.9 Å². The van der Waals surface area contributed by atoms with Crippen molar-refractivity contribution in [2.24, 2.45) is 5.11 Å². The molecule has 15 heavy (non-hydrogen) atoms. The van der Waals surface area contributed by atoms with Crippen LogP contribution in [0.1, 0.15) is 6.42 Å². The summed E-state index contributed by atoms with van der Waals surface area (Å²) in [6.45, 7) is 0.634. The van der Waals surface area contributed by atoms with Crippen LogP contribution in [0.15, 0.2) is 17.6 Å². The maximum absolute atomic E-state index is 11.8. The minimum absolute atomic E-state index is 0.188. The molecule has 78 valence electrons. The van der Waals surface area contributed by atoms with Crippen molar-refractivity contribution in [3.05, 3.63) is 23.0 Å². The SMILES string of the molecule is CN1C(=O)C(N=[N+]=[N-])CCn2cncc21. The van der Waals surface area contributed by atoms with Crippen molar-refractivity contribution in [3.63, 3.8) is 0 Å². The maximum Gasteiger partial charge on any atom is 0.236 e. The first kappa shape index (κ1) is 9.54. The Hall–Kier alpha value is -2.01. The molecule has 7 nitrogen and oxygen atoms in total. The number of hydrogen-bond donors (Lipinski definition) is 0. The summed E-state index contributed by atoms with van der Waals surface area (Å²) in [5, 5.41) is 3.49. The van der Waals surface area contributed by atoms with Gasteiger partial charge in [0.2, 0.25) is 5.91 Å². The summed E-state index contributed by atoms with van der Waals surface area (Å²) in [4.78, 5) is 19.9. The van der Waals surface area contributed by atoms with Gasteiger partial charge < -0.3 is 4.57 Å². The van der Waals surface area contributed by atoms with Crippen LogP contribution in [0, 0.1) is 0 Å². The predicted octanol–water partition coefficient (Wildman–Crippen LogP) is 0.928. The molecule has 1 aromatic heterocycles. The zero-order valence-electron chi connectivity index (χ0n) is 8.24. The number of amides is 1. The summed E-state index contributed by atoms with van der Waals surface area (Å²) in [6, 6.07) is -0.611. The van der Waals surface area contributed by atoms with Crippen LogP contribution in [0.4, 0.5) is 5.82 Å². The average molecular weight is 206 g/mol. The smallest absolute Gasteiger partial charge is 0.236 e. The van der Waals surface area contributed by atoms with E-state index in [1.165, 1.54) is 4.90 Å². The number of carbonyl (C=O) groups is 1. The normalized spacial score (nSPS) is 20.5. The van der Waals surface area contributed by atoms with E-state index in [4.69, 9.17) is 5.53 Å². The molecule has 1 aliphatic heterocycles. The van der Waals surface area contributed by atoms with Gasteiger partial charge in [0.25, 0.3) is 0 Å². The number of likely N-dealkylation sites (N-methyl/N-ethyl adjacent to an activating group) is 1. The van der Waals surface area contributed by atoms with Gasteiger partial charge in [-0.25, -0.2) is 4.98 Å². The van der Waals surface area contributed by atoms with Crippen LogP contribution in [0.5, 0.6) is 0 Å². The Morgan fingerprint density at radius 3 is 3.27 bits per heavy atom. The largest absolute Gasteiger partial charge is 0.317 e. The molecule has 0 saturated carbocycles. The molecule has 1 unspecified atom stereocenters. The third-order valence-electron chi connectivity index (χ3n) is 2.48. The lowest BCUT2D eigenvalue weighted by atomic mass is 10.2. The zero-order chi connectivity index (χ0) is 10.8. The summed E-state index contributed by atoms with van der Waals surface area (Å²) >= 11 is 0. The quantitative estimate of drug-likeness (QED) is 0.388. The van der Waals surface area contributed by atoms with Crippen LogP contribution in [0.25, 0.3) is 10.4 Å². The fraction of sp³-hybridized carbons (Fsp3) is 0.500. The summed E-state index contributed by atoms with van der Waals surface area (Å²) in [5.74, 6) is 0.544. The second-order valence-corrected chi connectivity index (χ2v) is 3.35. The van der Waals surface area contributed by atoms with Crippen LogP contribution < -0.4 is 4.90 Å². The number of hydrogen-bond acceptors (Lipinski definition) is 3. The van der Waals surface area contributed by atoms with E-state index in [9.17, 15) is 4.79 Å². The van der Waals surface area contributed by atoms with Gasteiger partial charge in [0.05, 0.1) is 12.5 Å². The van der Waals surface area contributed by atoms with E-state index in [2.05, 4.69) is 15.0 Å². The van der Waals surface area contributed by atoms with Crippen molar-refractivity contribution in [2.45, 2.75) is 19.0 Å². The van der Waals surface area contributed by atoms with E-state index in [-0.39, 0.29) is 5.91 Å². The second kappa shape index (κ2) is 3.62. The summed E-state index contributed by atoms with van der Waals surface area (Å²) < 4.78 is 1.87. The van der Waals surface area contributed by atoms with Gasteiger partial charge in [-0.1, -0.05) is 5.11 Å². The van der Waals surface area contributed by atoms with Crippen molar-refractivity contribution in [2.75, 3.05) is 11.9 Å². The molecular formula is C8H10N6O. The molecular weight excluding hydrogens is 196 g/mol. The van der Waals surface area contributed by atoms with Crippen molar-refractivity contribution >= 4 is 11.7 Å². The third kappa shape index (κ3) is 1.53. The van der Waals surface area contributed by atoms with Crippen molar-refractivity contribution in [3.8, 4) is 0 Å². The molecule has 2 heterocycles. The lowest BCUT2D eigenvalue weighted by molar-refractivity contribution is -0.119. The molecule has 1 aliphatic rings. The number of fused-ring (bicyclic) bond motifs is 1. The number of azide groups is 1. The molecule has 0 fully saturated rings. The number of aryl methyl sites for hydroxylation is 1. The van der Waals surface area contributed by atoms with Gasteiger partial charge in [0.1, 0.15) is 11.9 Å². The van der Waals surface area contributed by atoms with E-state index in [1.54, 1.807) is 19.6 Å². The van der Waals surface area contributed by atoms with Crippen molar-refractivity contribution < 1.29 is 4.79 Å². The number of imidazole rings is 1. The molecule has 0 bridgehead atoms. The molecule has 0 aliphatic carbocycles. The summed E-state index contributed by atoms with van der Waals surface area (Å²) in [6.07, 6.45) is 3.80. The Morgan fingerprint density at radius 2 is 2.53 bits per heavy atom. The standard InChI is InChI=1S/C8H10N6O/c1-13-7-4-10-5-14(7)3-2-6(8(13)15)11-12-9/h4-6H,2-3H2,1H3. The van der Waals surface area contributed by atoms with Crippen molar-refractivity contribution in [1.82, 2.24) is 9.55 Å². The van der Waals surface area contributed by atoms with Gasteiger partial charge in [-0.15, -0.1) is 0 Å². The maximum atomic E-state index is 11.8. The average Bonchev–Trinajstić information content (AvgIpc) is 2.66. The van der Waals surface area contributed by atoms with Crippen LogP contribution in [0.3, 0.4) is 0 Å². The van der Waals surface area contributed by atoms with E-state index in [0.717, 1.165) is 5.82 Å². The minimum atomic E-state index is -0.611. The fourth-order valence-corrected chi connectivity index (χ4v) is 1.66. The van der Waals surface area contributed by atoms with E-state index < -0.39 is 6.04 Å². The lowest BCUT2D eigenvalue weighted by Crippen LogP contribution is -2.33. The van der Waals surface area contributed by atoms with Crippen LogP contribution in [-0.4, -0.2) is 28.5 Å². The molecule has 0 aromatic carbocycles. The van der Waals surface area contributed by atoms with Gasteiger partial charge >= 0.3 is 0 Å². The number of anilines is 1. The molecule has 7 heteroatoms. The lowest BCUT2D eigenvalue weighted by Gasteiger charge is -2.16. The minimum Gasteiger partial charge on any atom is -0.317 e. The Morgan fingerprint density at radius 1 is 1.73 bits per heavy atom. The molecule has 0 spiro atoms. The fourth-order valence-electron chi connectivity index (χ4n) is 1.66. The Balaban J connectivity index is 2.36.